The number of benzene rings is 2. The second kappa shape index (κ2) is 8.87. The molecular formula is C23H22FN3O3S. The minimum Gasteiger partial charge on any atom is -0.497 e. The van der Waals surface area contributed by atoms with Gasteiger partial charge in [0.05, 0.1) is 26.3 Å². The van der Waals surface area contributed by atoms with Crippen LogP contribution in [0.3, 0.4) is 0 Å². The molecule has 0 saturated carbocycles. The van der Waals surface area contributed by atoms with Crippen LogP contribution in [0.5, 0.6) is 11.5 Å². The van der Waals surface area contributed by atoms with Crippen LogP contribution in [0.2, 0.25) is 0 Å². The van der Waals surface area contributed by atoms with Crippen LogP contribution in [0, 0.1) is 5.82 Å². The van der Waals surface area contributed by atoms with Crippen molar-refractivity contribution in [2.75, 3.05) is 21.3 Å². The fraction of sp³-hybridized carbons (Fsp3) is 0.217. The van der Waals surface area contributed by atoms with E-state index in [4.69, 9.17) is 9.47 Å². The lowest BCUT2D eigenvalue weighted by Crippen LogP contribution is -2.21. The first-order valence-corrected chi connectivity index (χ1v) is 10.5. The third-order valence-corrected chi connectivity index (χ3v) is 6.09. The highest BCUT2D eigenvalue weighted by molar-refractivity contribution is 7.22. The first-order chi connectivity index (χ1) is 15.0. The molecule has 6 nitrogen and oxygen atoms in total. The molecule has 2 heterocycles. The zero-order chi connectivity index (χ0) is 22.0. The molecule has 0 atom stereocenters. The summed E-state index contributed by atoms with van der Waals surface area (Å²) >= 11 is 1.35. The molecular weight excluding hydrogens is 417 g/mol. The van der Waals surface area contributed by atoms with Gasteiger partial charge in [-0.2, -0.15) is 0 Å². The summed E-state index contributed by atoms with van der Waals surface area (Å²) in [6.45, 7) is 1.07. The van der Waals surface area contributed by atoms with E-state index in [1.165, 1.54) is 23.5 Å². The minimum atomic E-state index is -0.292. The van der Waals surface area contributed by atoms with Gasteiger partial charge in [-0.3, -0.25) is 9.69 Å². The summed E-state index contributed by atoms with van der Waals surface area (Å²) < 4.78 is 24.5. The van der Waals surface area contributed by atoms with E-state index in [1.807, 2.05) is 36.2 Å². The Morgan fingerprint density at radius 2 is 1.84 bits per heavy atom. The van der Waals surface area contributed by atoms with E-state index in [2.05, 4.69) is 9.97 Å². The maximum absolute atomic E-state index is 13.2. The van der Waals surface area contributed by atoms with Crippen molar-refractivity contribution in [3.05, 3.63) is 76.1 Å². The van der Waals surface area contributed by atoms with Crippen molar-refractivity contribution in [3.63, 3.8) is 0 Å². The Kier molecular flexibility index (Phi) is 6.01. The summed E-state index contributed by atoms with van der Waals surface area (Å²) in [5, 5.41) is 0. The van der Waals surface area contributed by atoms with Crippen molar-refractivity contribution in [1.82, 2.24) is 14.9 Å². The molecule has 0 aliphatic heterocycles. The summed E-state index contributed by atoms with van der Waals surface area (Å²) in [7, 11) is 5.19. The number of hydrogen-bond donors (Lipinski definition) is 1. The highest BCUT2D eigenvalue weighted by Gasteiger charge is 2.13. The van der Waals surface area contributed by atoms with Crippen molar-refractivity contribution < 1.29 is 13.9 Å². The van der Waals surface area contributed by atoms with E-state index in [-0.39, 0.29) is 11.4 Å². The Morgan fingerprint density at radius 1 is 1.06 bits per heavy atom. The number of halogens is 1. The van der Waals surface area contributed by atoms with Gasteiger partial charge in [-0.25, -0.2) is 9.37 Å². The van der Waals surface area contributed by atoms with Crippen LogP contribution in [-0.4, -0.2) is 36.1 Å². The maximum Gasteiger partial charge on any atom is 0.268 e. The standard InChI is InChI=1S/C23H22FN3O3S/c1-27(12-15-6-9-17(29-2)10-19(15)30-3)13-21-25-18-11-20(31-22(18)23(28)26-21)14-4-7-16(24)8-5-14/h4-11H,12-13H2,1-3H3,(H,25,26,28). The summed E-state index contributed by atoms with van der Waals surface area (Å²) in [4.78, 5) is 23.0. The number of H-pyrrole nitrogens is 1. The summed E-state index contributed by atoms with van der Waals surface area (Å²) in [5.41, 5.74) is 2.32. The highest BCUT2D eigenvalue weighted by Crippen LogP contribution is 2.31. The Bertz CT molecular complexity index is 1270. The Labute approximate surface area is 182 Å². The molecule has 2 aromatic heterocycles. The van der Waals surface area contributed by atoms with Crippen LogP contribution >= 0.6 is 11.3 Å². The van der Waals surface area contributed by atoms with Gasteiger partial charge in [-0.15, -0.1) is 11.3 Å². The Morgan fingerprint density at radius 3 is 2.55 bits per heavy atom. The van der Waals surface area contributed by atoms with E-state index >= 15 is 0 Å². The van der Waals surface area contributed by atoms with E-state index in [0.717, 1.165) is 27.5 Å². The van der Waals surface area contributed by atoms with Crippen molar-refractivity contribution in [1.29, 1.82) is 0 Å². The van der Waals surface area contributed by atoms with E-state index < -0.39 is 0 Å². The summed E-state index contributed by atoms with van der Waals surface area (Å²) in [6, 6.07) is 13.8. The molecule has 0 radical (unpaired) electrons. The van der Waals surface area contributed by atoms with Crippen molar-refractivity contribution in [3.8, 4) is 21.9 Å². The van der Waals surface area contributed by atoms with Crippen molar-refractivity contribution in [2.24, 2.45) is 0 Å². The van der Waals surface area contributed by atoms with Gasteiger partial charge >= 0.3 is 0 Å². The lowest BCUT2D eigenvalue weighted by Gasteiger charge is -2.18. The predicted molar refractivity (Wildman–Crippen MR) is 120 cm³/mol. The number of ether oxygens (including phenoxy) is 2. The van der Waals surface area contributed by atoms with Crippen LogP contribution in [0.1, 0.15) is 11.4 Å². The van der Waals surface area contributed by atoms with Gasteiger partial charge < -0.3 is 14.5 Å². The van der Waals surface area contributed by atoms with Crippen LogP contribution in [0.25, 0.3) is 20.7 Å². The normalized spacial score (nSPS) is 11.3. The van der Waals surface area contributed by atoms with Crippen LogP contribution in [0.4, 0.5) is 4.39 Å². The lowest BCUT2D eigenvalue weighted by atomic mass is 10.1. The molecule has 0 spiro atoms. The van der Waals surface area contributed by atoms with Gasteiger partial charge in [0.2, 0.25) is 0 Å². The van der Waals surface area contributed by atoms with E-state index in [0.29, 0.717) is 29.1 Å². The molecule has 0 saturated heterocycles. The first-order valence-electron chi connectivity index (χ1n) is 9.65. The number of rotatable bonds is 7. The van der Waals surface area contributed by atoms with Gasteiger partial charge in [-0.05, 0) is 36.9 Å². The largest absolute Gasteiger partial charge is 0.497 e. The molecule has 4 aromatic rings. The molecule has 8 heteroatoms. The number of aromatic amines is 1. The SMILES string of the molecule is COc1ccc(CN(C)Cc2nc3cc(-c4ccc(F)cc4)sc3c(=O)[nH]2)c(OC)c1. The molecule has 160 valence electrons. The smallest absolute Gasteiger partial charge is 0.268 e. The summed E-state index contributed by atoms with van der Waals surface area (Å²) in [6.07, 6.45) is 0. The number of fused-ring (bicyclic) bond motifs is 1. The average Bonchev–Trinajstić information content (AvgIpc) is 3.19. The van der Waals surface area contributed by atoms with Gasteiger partial charge in [0.1, 0.15) is 27.8 Å². The third kappa shape index (κ3) is 4.60. The van der Waals surface area contributed by atoms with Crippen molar-refractivity contribution >= 4 is 21.6 Å². The average molecular weight is 440 g/mol. The zero-order valence-electron chi connectivity index (χ0n) is 17.4. The van der Waals surface area contributed by atoms with Gasteiger partial charge in [0.15, 0.2) is 0 Å². The number of nitrogens with zero attached hydrogens (tertiary/aromatic N) is 2. The van der Waals surface area contributed by atoms with Gasteiger partial charge in [-0.1, -0.05) is 18.2 Å². The molecule has 0 amide bonds. The molecule has 4 rings (SSSR count). The monoisotopic (exact) mass is 439 g/mol. The Hall–Kier alpha value is -3.23. The van der Waals surface area contributed by atoms with Gasteiger partial charge in [0.25, 0.3) is 5.56 Å². The van der Waals surface area contributed by atoms with E-state index in [9.17, 15) is 9.18 Å². The minimum absolute atomic E-state index is 0.172. The second-order valence-electron chi connectivity index (χ2n) is 7.19. The third-order valence-electron chi connectivity index (χ3n) is 4.91. The number of methoxy groups -OCH3 is 2. The topological polar surface area (TPSA) is 67.5 Å². The first kappa shape index (κ1) is 21.0. The Balaban J connectivity index is 1.56. The fourth-order valence-electron chi connectivity index (χ4n) is 3.40. The summed E-state index contributed by atoms with van der Waals surface area (Å²) in [5.74, 6) is 1.76. The number of nitrogens with one attached hydrogen (secondary N) is 1. The van der Waals surface area contributed by atoms with Crippen LogP contribution in [0.15, 0.2) is 53.3 Å². The molecule has 31 heavy (non-hydrogen) atoms. The number of aromatic nitrogens is 2. The van der Waals surface area contributed by atoms with Crippen LogP contribution < -0.4 is 15.0 Å². The fourth-order valence-corrected chi connectivity index (χ4v) is 4.40. The molecule has 2 aromatic carbocycles. The zero-order valence-corrected chi connectivity index (χ0v) is 18.3. The molecule has 0 aliphatic rings. The van der Waals surface area contributed by atoms with Crippen molar-refractivity contribution in [2.45, 2.75) is 13.1 Å². The van der Waals surface area contributed by atoms with Crippen LogP contribution in [-0.2, 0) is 13.1 Å². The molecule has 0 aliphatic carbocycles. The molecule has 0 fully saturated rings. The lowest BCUT2D eigenvalue weighted by molar-refractivity contribution is 0.302. The highest BCUT2D eigenvalue weighted by atomic mass is 32.1. The predicted octanol–water partition coefficient (Wildman–Crippen LogP) is 4.44. The molecule has 0 unspecified atom stereocenters. The molecule has 0 bridgehead atoms. The number of hydrogen-bond acceptors (Lipinski definition) is 6. The second-order valence-corrected chi connectivity index (χ2v) is 8.25. The quantitative estimate of drug-likeness (QED) is 0.461. The van der Waals surface area contributed by atoms with Gasteiger partial charge in [0, 0.05) is 23.1 Å². The van der Waals surface area contributed by atoms with E-state index in [1.54, 1.807) is 26.4 Å². The maximum atomic E-state index is 13.2. The number of thiophene rings is 1. The molecule has 1 N–H and O–H groups in total.